The Morgan fingerprint density at radius 1 is 1.33 bits per heavy atom. The van der Waals surface area contributed by atoms with Gasteiger partial charge >= 0.3 is 0 Å². The molecule has 0 bridgehead atoms. The fraction of sp³-hybridized carbons (Fsp3) is 0.550. The van der Waals surface area contributed by atoms with Gasteiger partial charge in [-0.25, -0.2) is 4.98 Å². The Morgan fingerprint density at radius 3 is 2.44 bits per heavy atom. The van der Waals surface area contributed by atoms with Gasteiger partial charge in [0.25, 0.3) is 0 Å². The standard InChI is InChI=1S/C11H19N3S.C7H9NO.C2H4O/c1-9-5-3-4-6-14(9)8-10-7-13-11(12-2)15-10;1-5-3-7(9)4-6(2)8-5;1-2-3/h7,9H,3-6,8H2,1-2H3,(H,12,13);3-4H,1-2H3,(H,8,9);2H,1H3. The lowest BCUT2D eigenvalue weighted by Gasteiger charge is -2.32. The number of carbonyl (C=O) groups is 1. The Labute approximate surface area is 166 Å². The van der Waals surface area contributed by atoms with Crippen molar-refractivity contribution in [3.63, 3.8) is 0 Å². The molecule has 1 aliphatic rings. The number of carbonyl (C=O) groups excluding carboxylic acids is 1. The van der Waals surface area contributed by atoms with E-state index in [1.807, 2.05) is 27.1 Å². The highest BCUT2D eigenvalue weighted by Crippen LogP contribution is 2.23. The van der Waals surface area contributed by atoms with Crippen molar-refractivity contribution in [2.45, 2.75) is 59.5 Å². The molecule has 2 N–H and O–H groups in total. The van der Waals surface area contributed by atoms with E-state index in [9.17, 15) is 4.79 Å². The summed E-state index contributed by atoms with van der Waals surface area (Å²) >= 11 is 1.76. The minimum atomic E-state index is 0.0729. The van der Waals surface area contributed by atoms with Crippen molar-refractivity contribution >= 4 is 22.8 Å². The maximum Gasteiger partial charge on any atom is 0.182 e. The van der Waals surface area contributed by atoms with Crippen molar-refractivity contribution in [2.75, 3.05) is 18.9 Å². The third-order valence-corrected chi connectivity index (χ3v) is 5.18. The number of likely N-dealkylation sites (tertiary alicyclic amines) is 1. The van der Waals surface area contributed by atoms with Crippen LogP contribution in [0.1, 0.15) is 49.4 Å². The second-order valence-electron chi connectivity index (χ2n) is 6.61. The Kier molecular flexibility index (Phi) is 10.6. The molecule has 2 aromatic rings. The van der Waals surface area contributed by atoms with Gasteiger partial charge in [-0.3, -0.25) is 9.69 Å². The number of nitrogens with zero attached hydrogens (tertiary/aromatic N) is 2. The van der Waals surface area contributed by atoms with Gasteiger partial charge in [0.05, 0.1) is 0 Å². The lowest BCUT2D eigenvalue weighted by atomic mass is 10.0. The normalized spacial score (nSPS) is 16.4. The van der Waals surface area contributed by atoms with Gasteiger partial charge in [-0.05, 0) is 47.1 Å². The van der Waals surface area contributed by atoms with Crippen LogP contribution in [-0.4, -0.2) is 40.8 Å². The van der Waals surface area contributed by atoms with E-state index < -0.39 is 0 Å². The lowest BCUT2D eigenvalue weighted by molar-refractivity contribution is -0.106. The molecule has 0 saturated carbocycles. The molecule has 1 atom stereocenters. The summed E-state index contributed by atoms with van der Waals surface area (Å²) in [5.74, 6) is 0. The highest BCUT2D eigenvalue weighted by molar-refractivity contribution is 7.15. The van der Waals surface area contributed by atoms with Crippen LogP contribution in [-0.2, 0) is 11.3 Å². The maximum atomic E-state index is 10.7. The smallest absolute Gasteiger partial charge is 0.182 e. The topological polar surface area (TPSA) is 78.1 Å². The van der Waals surface area contributed by atoms with Gasteiger partial charge in [-0.2, -0.15) is 0 Å². The molecule has 0 aliphatic carbocycles. The number of hydrogen-bond acceptors (Lipinski definition) is 6. The van der Waals surface area contributed by atoms with Crippen molar-refractivity contribution < 1.29 is 4.79 Å². The number of aromatic amines is 1. The summed E-state index contributed by atoms with van der Waals surface area (Å²) < 4.78 is 0. The number of H-pyrrole nitrogens is 1. The summed E-state index contributed by atoms with van der Waals surface area (Å²) in [4.78, 5) is 30.7. The Morgan fingerprint density at radius 2 is 1.96 bits per heavy atom. The van der Waals surface area contributed by atoms with Gasteiger partial charge in [0.15, 0.2) is 10.6 Å². The molecule has 0 aromatic carbocycles. The van der Waals surface area contributed by atoms with E-state index in [1.165, 1.54) is 37.6 Å². The molecule has 6 nitrogen and oxygen atoms in total. The predicted octanol–water partition coefficient (Wildman–Crippen LogP) is 3.76. The Hall–Kier alpha value is -1.99. The van der Waals surface area contributed by atoms with E-state index in [4.69, 9.17) is 4.79 Å². The van der Waals surface area contributed by atoms with E-state index in [1.54, 1.807) is 23.5 Å². The van der Waals surface area contributed by atoms with Gasteiger partial charge in [0, 0.05) is 54.2 Å². The van der Waals surface area contributed by atoms with E-state index in [0.717, 1.165) is 35.4 Å². The summed E-state index contributed by atoms with van der Waals surface area (Å²) in [6.07, 6.45) is 6.83. The average Bonchev–Trinajstić information content (AvgIpc) is 3.05. The van der Waals surface area contributed by atoms with Crippen molar-refractivity contribution in [3.05, 3.63) is 44.8 Å². The molecule has 3 heterocycles. The molecular formula is C20H32N4O2S. The van der Waals surface area contributed by atoms with Crippen molar-refractivity contribution in [2.24, 2.45) is 0 Å². The summed E-state index contributed by atoms with van der Waals surface area (Å²) in [6.45, 7) is 9.83. The van der Waals surface area contributed by atoms with Gasteiger partial charge < -0.3 is 15.1 Å². The molecule has 0 radical (unpaired) electrons. The maximum absolute atomic E-state index is 10.7. The van der Waals surface area contributed by atoms with Crippen molar-refractivity contribution in [1.29, 1.82) is 0 Å². The number of nitrogens with one attached hydrogen (secondary N) is 2. The second-order valence-corrected chi connectivity index (χ2v) is 7.73. The fourth-order valence-corrected chi connectivity index (χ4v) is 3.73. The molecule has 27 heavy (non-hydrogen) atoms. The zero-order chi connectivity index (χ0) is 20.2. The van der Waals surface area contributed by atoms with E-state index in [0.29, 0.717) is 0 Å². The summed E-state index contributed by atoms with van der Waals surface area (Å²) in [5, 5.41) is 4.11. The minimum Gasteiger partial charge on any atom is -0.365 e. The highest BCUT2D eigenvalue weighted by atomic mass is 32.1. The Bertz CT molecular complexity index is 718. The number of aldehydes is 1. The number of thiazole rings is 1. The molecule has 3 rings (SSSR count). The first kappa shape index (κ1) is 23.0. The zero-order valence-corrected chi connectivity index (χ0v) is 17.9. The van der Waals surface area contributed by atoms with Crippen LogP contribution < -0.4 is 10.7 Å². The van der Waals surface area contributed by atoms with Gasteiger partial charge in [0.2, 0.25) is 0 Å². The number of aryl methyl sites for hydroxylation is 2. The molecule has 1 saturated heterocycles. The minimum absolute atomic E-state index is 0.0729. The van der Waals surface area contributed by atoms with E-state index >= 15 is 0 Å². The SMILES string of the molecule is CC=O.CNc1ncc(CN2CCCCC2C)s1.Cc1cc(=O)cc(C)[nH]1. The molecule has 1 unspecified atom stereocenters. The molecular weight excluding hydrogens is 360 g/mol. The molecule has 0 amide bonds. The number of anilines is 1. The molecule has 7 heteroatoms. The number of pyridine rings is 1. The quantitative estimate of drug-likeness (QED) is 0.778. The van der Waals surface area contributed by atoms with Crippen LogP contribution in [0.2, 0.25) is 0 Å². The first-order chi connectivity index (χ1) is 12.9. The largest absolute Gasteiger partial charge is 0.365 e. The van der Waals surface area contributed by atoms with Crippen LogP contribution in [0, 0.1) is 13.8 Å². The molecule has 2 aromatic heterocycles. The third-order valence-electron chi connectivity index (χ3n) is 4.18. The fourth-order valence-electron chi connectivity index (χ4n) is 2.94. The second kappa shape index (κ2) is 12.4. The number of hydrogen-bond donors (Lipinski definition) is 2. The zero-order valence-electron chi connectivity index (χ0n) is 17.0. The summed E-state index contributed by atoms with van der Waals surface area (Å²) in [7, 11) is 1.92. The van der Waals surface area contributed by atoms with Crippen LogP contribution in [0.25, 0.3) is 0 Å². The molecule has 1 aliphatic heterocycles. The van der Waals surface area contributed by atoms with Crippen molar-refractivity contribution in [3.8, 4) is 0 Å². The van der Waals surface area contributed by atoms with Crippen molar-refractivity contribution in [1.82, 2.24) is 14.9 Å². The van der Waals surface area contributed by atoms with E-state index in [2.05, 4.69) is 27.1 Å². The third kappa shape index (κ3) is 8.97. The Balaban J connectivity index is 0.000000259. The van der Waals surface area contributed by atoms with Crippen LogP contribution in [0.3, 0.4) is 0 Å². The average molecular weight is 393 g/mol. The monoisotopic (exact) mass is 392 g/mol. The highest BCUT2D eigenvalue weighted by Gasteiger charge is 2.18. The van der Waals surface area contributed by atoms with Gasteiger partial charge in [-0.15, -0.1) is 11.3 Å². The molecule has 150 valence electrons. The molecule has 1 fully saturated rings. The summed E-state index contributed by atoms with van der Waals surface area (Å²) in [5.41, 5.74) is 1.91. The van der Waals surface area contributed by atoms with Crippen LogP contribution in [0.15, 0.2) is 23.1 Å². The van der Waals surface area contributed by atoms with Gasteiger partial charge in [0.1, 0.15) is 6.29 Å². The molecule has 0 spiro atoms. The lowest BCUT2D eigenvalue weighted by Crippen LogP contribution is -2.36. The van der Waals surface area contributed by atoms with Crippen LogP contribution in [0.5, 0.6) is 0 Å². The van der Waals surface area contributed by atoms with Crippen LogP contribution in [0.4, 0.5) is 5.13 Å². The number of aromatic nitrogens is 2. The first-order valence-electron chi connectivity index (χ1n) is 9.33. The number of rotatable bonds is 3. The number of piperidine rings is 1. The summed E-state index contributed by atoms with van der Waals surface area (Å²) in [6, 6.07) is 3.89. The van der Waals surface area contributed by atoms with Gasteiger partial charge in [-0.1, -0.05) is 6.42 Å². The first-order valence-corrected chi connectivity index (χ1v) is 10.1. The van der Waals surface area contributed by atoms with Crippen LogP contribution >= 0.6 is 11.3 Å². The van der Waals surface area contributed by atoms with E-state index in [-0.39, 0.29) is 5.43 Å². The predicted molar refractivity (Wildman–Crippen MR) is 114 cm³/mol.